The van der Waals surface area contributed by atoms with E-state index in [1.165, 1.54) is 6.92 Å². The highest BCUT2D eigenvalue weighted by atomic mass is 16.2. The Morgan fingerprint density at radius 3 is 2.94 bits per heavy atom. The second kappa shape index (κ2) is 5.08. The van der Waals surface area contributed by atoms with Gasteiger partial charge in [-0.1, -0.05) is 6.07 Å². The summed E-state index contributed by atoms with van der Waals surface area (Å²) in [6.07, 6.45) is 1.79. The fraction of sp³-hybridized carbons (Fsp3) is 0.385. The molecule has 5 nitrogen and oxygen atoms in total. The van der Waals surface area contributed by atoms with Crippen LogP contribution in [0, 0.1) is 0 Å². The molecule has 1 aliphatic rings. The van der Waals surface area contributed by atoms with Gasteiger partial charge in [0.1, 0.15) is 0 Å². The Morgan fingerprint density at radius 1 is 1.44 bits per heavy atom. The molecule has 18 heavy (non-hydrogen) atoms. The highest BCUT2D eigenvalue weighted by Crippen LogP contribution is 2.31. The van der Waals surface area contributed by atoms with Crippen LogP contribution in [-0.4, -0.2) is 24.9 Å². The van der Waals surface area contributed by atoms with E-state index in [9.17, 15) is 9.59 Å². The molecular formula is C13H17N3O2. The van der Waals surface area contributed by atoms with Crippen LogP contribution in [0.3, 0.4) is 0 Å². The minimum Gasteiger partial charge on any atom is -0.398 e. The maximum Gasteiger partial charge on any atom is 0.246 e. The van der Waals surface area contributed by atoms with Crippen molar-refractivity contribution in [2.24, 2.45) is 0 Å². The van der Waals surface area contributed by atoms with Gasteiger partial charge in [-0.05, 0) is 30.5 Å². The molecule has 0 unspecified atom stereocenters. The van der Waals surface area contributed by atoms with Gasteiger partial charge in [0.05, 0.1) is 6.54 Å². The second-order valence-corrected chi connectivity index (χ2v) is 4.40. The molecule has 2 amide bonds. The fourth-order valence-electron chi connectivity index (χ4n) is 2.21. The lowest BCUT2D eigenvalue weighted by Crippen LogP contribution is -2.42. The summed E-state index contributed by atoms with van der Waals surface area (Å²) in [5.41, 5.74) is 8.54. The van der Waals surface area contributed by atoms with Crippen molar-refractivity contribution >= 4 is 23.2 Å². The minimum atomic E-state index is -0.201. The zero-order valence-electron chi connectivity index (χ0n) is 10.4. The Morgan fingerprint density at radius 2 is 2.22 bits per heavy atom. The number of rotatable bonds is 2. The Balaban J connectivity index is 2.19. The van der Waals surface area contributed by atoms with E-state index in [0.717, 1.165) is 29.8 Å². The lowest BCUT2D eigenvalue weighted by atomic mass is 10.00. The molecule has 1 aromatic carbocycles. The summed E-state index contributed by atoms with van der Waals surface area (Å²) < 4.78 is 0. The smallest absolute Gasteiger partial charge is 0.246 e. The molecule has 0 fully saturated rings. The Hall–Kier alpha value is -2.04. The summed E-state index contributed by atoms with van der Waals surface area (Å²) >= 11 is 0. The van der Waals surface area contributed by atoms with Crippen LogP contribution in [0.4, 0.5) is 11.4 Å². The molecule has 1 heterocycles. The van der Waals surface area contributed by atoms with Gasteiger partial charge in [0, 0.05) is 24.8 Å². The molecule has 0 saturated carbocycles. The largest absolute Gasteiger partial charge is 0.398 e. The number of hydrogen-bond acceptors (Lipinski definition) is 3. The van der Waals surface area contributed by atoms with E-state index in [-0.39, 0.29) is 18.4 Å². The first-order valence-corrected chi connectivity index (χ1v) is 6.02. The van der Waals surface area contributed by atoms with Gasteiger partial charge >= 0.3 is 0 Å². The molecule has 0 saturated heterocycles. The number of carbonyl (C=O) groups excluding carboxylic acids is 2. The molecule has 1 aromatic rings. The maximum absolute atomic E-state index is 12.0. The molecule has 0 atom stereocenters. The monoisotopic (exact) mass is 247 g/mol. The van der Waals surface area contributed by atoms with Crippen LogP contribution in [0.25, 0.3) is 0 Å². The number of anilines is 2. The quantitative estimate of drug-likeness (QED) is 0.755. The van der Waals surface area contributed by atoms with E-state index >= 15 is 0 Å². The number of benzene rings is 1. The maximum atomic E-state index is 12.0. The van der Waals surface area contributed by atoms with Gasteiger partial charge in [-0.3, -0.25) is 9.59 Å². The lowest BCUT2D eigenvalue weighted by molar-refractivity contribution is -0.123. The van der Waals surface area contributed by atoms with Gasteiger partial charge < -0.3 is 16.0 Å². The van der Waals surface area contributed by atoms with Crippen molar-refractivity contribution in [1.82, 2.24) is 5.32 Å². The number of carbonyl (C=O) groups is 2. The summed E-state index contributed by atoms with van der Waals surface area (Å²) in [5.74, 6) is -0.301. The summed E-state index contributed by atoms with van der Waals surface area (Å²) in [5, 5.41) is 2.53. The normalized spacial score (nSPS) is 13.9. The van der Waals surface area contributed by atoms with Crippen LogP contribution >= 0.6 is 0 Å². The van der Waals surface area contributed by atoms with Crippen molar-refractivity contribution in [3.8, 4) is 0 Å². The van der Waals surface area contributed by atoms with Gasteiger partial charge in [0.25, 0.3) is 0 Å². The third-order valence-corrected chi connectivity index (χ3v) is 3.08. The zero-order valence-corrected chi connectivity index (χ0v) is 10.4. The molecule has 3 N–H and O–H groups in total. The molecule has 0 aliphatic carbocycles. The van der Waals surface area contributed by atoms with Crippen LogP contribution in [0.5, 0.6) is 0 Å². The summed E-state index contributed by atoms with van der Waals surface area (Å²) in [7, 11) is 0. The van der Waals surface area contributed by atoms with Crippen LogP contribution in [0.15, 0.2) is 18.2 Å². The van der Waals surface area contributed by atoms with Crippen molar-refractivity contribution in [3.63, 3.8) is 0 Å². The lowest BCUT2D eigenvalue weighted by Gasteiger charge is -2.30. The van der Waals surface area contributed by atoms with Crippen LogP contribution in [-0.2, 0) is 16.0 Å². The number of nitrogens with two attached hydrogens (primary N) is 1. The highest BCUT2D eigenvalue weighted by molar-refractivity contribution is 5.98. The standard InChI is InChI=1S/C13H17N3O2/c1-9(17)15-8-13(18)16-7-3-4-10-11(14)5-2-6-12(10)16/h2,5-6H,3-4,7-8,14H2,1H3,(H,15,17). The van der Waals surface area contributed by atoms with E-state index in [1.54, 1.807) is 4.90 Å². The Labute approximate surface area is 106 Å². The van der Waals surface area contributed by atoms with Gasteiger partial charge in [0.2, 0.25) is 11.8 Å². The first kappa shape index (κ1) is 12.4. The van der Waals surface area contributed by atoms with Crippen molar-refractivity contribution in [2.45, 2.75) is 19.8 Å². The van der Waals surface area contributed by atoms with E-state index in [4.69, 9.17) is 5.73 Å². The molecule has 2 rings (SSSR count). The van der Waals surface area contributed by atoms with Crippen LogP contribution in [0.2, 0.25) is 0 Å². The van der Waals surface area contributed by atoms with Crippen molar-refractivity contribution in [1.29, 1.82) is 0 Å². The number of nitrogen functional groups attached to an aromatic ring is 1. The Bertz CT molecular complexity index is 485. The molecule has 96 valence electrons. The molecule has 0 spiro atoms. The van der Waals surface area contributed by atoms with Gasteiger partial charge in [-0.2, -0.15) is 0 Å². The number of hydrogen-bond donors (Lipinski definition) is 2. The third kappa shape index (κ3) is 2.45. The molecular weight excluding hydrogens is 230 g/mol. The van der Waals surface area contributed by atoms with Gasteiger partial charge in [-0.15, -0.1) is 0 Å². The first-order chi connectivity index (χ1) is 8.59. The van der Waals surface area contributed by atoms with Crippen molar-refractivity contribution < 1.29 is 9.59 Å². The topological polar surface area (TPSA) is 75.4 Å². The molecule has 0 radical (unpaired) electrons. The number of nitrogens with one attached hydrogen (secondary N) is 1. The first-order valence-electron chi connectivity index (χ1n) is 6.02. The van der Waals surface area contributed by atoms with E-state index < -0.39 is 0 Å². The predicted octanol–water partition coefficient (Wildman–Crippen LogP) is 0.684. The van der Waals surface area contributed by atoms with Gasteiger partial charge in [0.15, 0.2) is 0 Å². The van der Waals surface area contributed by atoms with Crippen molar-refractivity contribution in [2.75, 3.05) is 23.7 Å². The third-order valence-electron chi connectivity index (χ3n) is 3.08. The SMILES string of the molecule is CC(=O)NCC(=O)N1CCCc2c(N)cccc21. The number of fused-ring (bicyclic) bond motifs is 1. The second-order valence-electron chi connectivity index (χ2n) is 4.40. The summed E-state index contributed by atoms with van der Waals surface area (Å²) in [6, 6.07) is 5.59. The van der Waals surface area contributed by atoms with Crippen molar-refractivity contribution in [3.05, 3.63) is 23.8 Å². The summed E-state index contributed by atoms with van der Waals surface area (Å²) in [4.78, 5) is 24.6. The van der Waals surface area contributed by atoms with E-state index in [0.29, 0.717) is 6.54 Å². The predicted molar refractivity (Wildman–Crippen MR) is 70.2 cm³/mol. The number of nitrogens with zero attached hydrogens (tertiary/aromatic N) is 1. The van der Waals surface area contributed by atoms with E-state index in [2.05, 4.69) is 5.32 Å². The van der Waals surface area contributed by atoms with Crippen LogP contribution < -0.4 is 16.0 Å². The molecule has 1 aliphatic heterocycles. The van der Waals surface area contributed by atoms with Crippen LogP contribution in [0.1, 0.15) is 18.9 Å². The van der Waals surface area contributed by atoms with Gasteiger partial charge in [-0.25, -0.2) is 0 Å². The average Bonchev–Trinajstić information content (AvgIpc) is 2.36. The summed E-state index contributed by atoms with van der Waals surface area (Å²) in [6.45, 7) is 2.11. The Kier molecular flexibility index (Phi) is 3.50. The average molecular weight is 247 g/mol. The zero-order chi connectivity index (χ0) is 13.1. The molecule has 0 bridgehead atoms. The minimum absolute atomic E-state index is 0.0313. The number of amides is 2. The molecule has 5 heteroatoms. The molecule has 0 aromatic heterocycles. The fourth-order valence-corrected chi connectivity index (χ4v) is 2.21. The highest BCUT2D eigenvalue weighted by Gasteiger charge is 2.23. The van der Waals surface area contributed by atoms with E-state index in [1.807, 2.05) is 18.2 Å².